The van der Waals surface area contributed by atoms with Gasteiger partial charge in [0.1, 0.15) is 5.75 Å². The van der Waals surface area contributed by atoms with E-state index in [0.29, 0.717) is 5.92 Å². The first kappa shape index (κ1) is 13.9. The zero-order valence-corrected chi connectivity index (χ0v) is 12.2. The van der Waals surface area contributed by atoms with Gasteiger partial charge in [-0.3, -0.25) is 4.90 Å². The van der Waals surface area contributed by atoms with Crippen molar-refractivity contribution < 1.29 is 9.47 Å². The van der Waals surface area contributed by atoms with Crippen molar-refractivity contribution in [2.75, 3.05) is 39.5 Å². The van der Waals surface area contributed by atoms with Crippen molar-refractivity contribution >= 4 is 0 Å². The predicted octanol–water partition coefficient (Wildman–Crippen LogP) is 1.59. The lowest BCUT2D eigenvalue weighted by Crippen LogP contribution is -2.44. The van der Waals surface area contributed by atoms with E-state index in [-0.39, 0.29) is 6.04 Å². The van der Waals surface area contributed by atoms with Gasteiger partial charge in [0.05, 0.1) is 19.8 Å². The summed E-state index contributed by atoms with van der Waals surface area (Å²) in [6.45, 7) is 7.56. The molecule has 1 aromatic rings. The van der Waals surface area contributed by atoms with Crippen LogP contribution in [0.15, 0.2) is 18.2 Å². The maximum atomic E-state index is 6.49. The lowest BCUT2D eigenvalue weighted by atomic mass is 9.89. The Hall–Kier alpha value is -1.10. The standard InChI is InChI=1S/C16H24N2O2/c1-2-12-3-4-15-14(9-12)16(17)13(11-20-15)10-18-5-7-19-8-6-18/h3-4,9,13,16H,2,5-8,10-11,17H2,1H3. The summed E-state index contributed by atoms with van der Waals surface area (Å²) in [5, 5.41) is 0. The van der Waals surface area contributed by atoms with Crippen LogP contribution in [0.5, 0.6) is 5.75 Å². The number of morpholine rings is 1. The molecule has 0 saturated carbocycles. The number of nitrogens with two attached hydrogens (primary N) is 1. The largest absolute Gasteiger partial charge is 0.493 e. The molecule has 0 amide bonds. The number of aryl methyl sites for hydroxylation is 1. The molecule has 4 heteroatoms. The van der Waals surface area contributed by atoms with Crippen molar-refractivity contribution in [1.29, 1.82) is 0 Å². The first-order chi connectivity index (χ1) is 9.78. The molecule has 0 aliphatic carbocycles. The third-order valence-corrected chi connectivity index (χ3v) is 4.40. The van der Waals surface area contributed by atoms with Crippen LogP contribution < -0.4 is 10.5 Å². The van der Waals surface area contributed by atoms with E-state index in [1.807, 2.05) is 0 Å². The van der Waals surface area contributed by atoms with Crippen LogP contribution in [-0.4, -0.2) is 44.4 Å². The SMILES string of the molecule is CCc1ccc2c(c1)C(N)C(CN1CCOCC1)CO2. The third-order valence-electron chi connectivity index (χ3n) is 4.40. The van der Waals surface area contributed by atoms with Crippen molar-refractivity contribution in [3.8, 4) is 5.75 Å². The molecule has 2 atom stereocenters. The molecular formula is C16H24N2O2. The molecule has 0 aromatic heterocycles. The lowest BCUT2D eigenvalue weighted by molar-refractivity contribution is 0.0218. The molecule has 1 fully saturated rings. The molecule has 110 valence electrons. The first-order valence-electron chi connectivity index (χ1n) is 7.59. The molecule has 3 rings (SSSR count). The summed E-state index contributed by atoms with van der Waals surface area (Å²) in [6, 6.07) is 6.49. The minimum Gasteiger partial charge on any atom is -0.493 e. The quantitative estimate of drug-likeness (QED) is 0.911. The fourth-order valence-electron chi connectivity index (χ4n) is 3.05. The van der Waals surface area contributed by atoms with Crippen LogP contribution >= 0.6 is 0 Å². The summed E-state index contributed by atoms with van der Waals surface area (Å²) in [5.41, 5.74) is 9.00. The molecular weight excluding hydrogens is 252 g/mol. The molecule has 1 saturated heterocycles. The third kappa shape index (κ3) is 2.82. The fourth-order valence-corrected chi connectivity index (χ4v) is 3.05. The molecule has 1 aromatic carbocycles. The Labute approximate surface area is 120 Å². The number of rotatable bonds is 3. The average Bonchev–Trinajstić information content (AvgIpc) is 2.51. The first-order valence-corrected chi connectivity index (χ1v) is 7.59. The van der Waals surface area contributed by atoms with Gasteiger partial charge in [0.2, 0.25) is 0 Å². The summed E-state index contributed by atoms with van der Waals surface area (Å²) < 4.78 is 11.3. The smallest absolute Gasteiger partial charge is 0.124 e. The van der Waals surface area contributed by atoms with Crippen LogP contribution in [0.3, 0.4) is 0 Å². The Balaban J connectivity index is 1.72. The summed E-state index contributed by atoms with van der Waals surface area (Å²) in [6.07, 6.45) is 1.04. The monoisotopic (exact) mass is 276 g/mol. The minimum atomic E-state index is 0.0769. The molecule has 0 radical (unpaired) electrons. The van der Waals surface area contributed by atoms with Gasteiger partial charge in [-0.1, -0.05) is 19.1 Å². The number of benzene rings is 1. The highest BCUT2D eigenvalue weighted by molar-refractivity contribution is 5.41. The molecule has 20 heavy (non-hydrogen) atoms. The number of hydrogen-bond acceptors (Lipinski definition) is 4. The van der Waals surface area contributed by atoms with E-state index in [2.05, 4.69) is 30.0 Å². The van der Waals surface area contributed by atoms with Crippen LogP contribution in [0.1, 0.15) is 24.1 Å². The second-order valence-electron chi connectivity index (χ2n) is 5.74. The van der Waals surface area contributed by atoms with E-state index in [0.717, 1.165) is 51.6 Å². The molecule has 4 nitrogen and oxygen atoms in total. The summed E-state index contributed by atoms with van der Waals surface area (Å²) >= 11 is 0. The minimum absolute atomic E-state index is 0.0769. The van der Waals surface area contributed by atoms with Gasteiger partial charge < -0.3 is 15.2 Å². The van der Waals surface area contributed by atoms with E-state index in [4.69, 9.17) is 15.2 Å². The normalized spacial score (nSPS) is 26.9. The van der Waals surface area contributed by atoms with Gasteiger partial charge in [0, 0.05) is 37.2 Å². The van der Waals surface area contributed by atoms with Crippen molar-refractivity contribution in [3.05, 3.63) is 29.3 Å². The van der Waals surface area contributed by atoms with Gasteiger partial charge in [-0.25, -0.2) is 0 Å². The Kier molecular flexibility index (Phi) is 4.24. The molecule has 2 aliphatic rings. The molecule has 2 heterocycles. The highest BCUT2D eigenvalue weighted by Crippen LogP contribution is 2.35. The van der Waals surface area contributed by atoms with Crippen LogP contribution in [0.4, 0.5) is 0 Å². The zero-order chi connectivity index (χ0) is 13.9. The van der Waals surface area contributed by atoms with E-state index in [1.54, 1.807) is 0 Å². The summed E-state index contributed by atoms with van der Waals surface area (Å²) in [7, 11) is 0. The highest BCUT2D eigenvalue weighted by atomic mass is 16.5. The second-order valence-corrected chi connectivity index (χ2v) is 5.74. The van der Waals surface area contributed by atoms with Gasteiger partial charge in [0.25, 0.3) is 0 Å². The van der Waals surface area contributed by atoms with E-state index >= 15 is 0 Å². The number of ether oxygens (including phenoxy) is 2. The van der Waals surface area contributed by atoms with Gasteiger partial charge >= 0.3 is 0 Å². The van der Waals surface area contributed by atoms with Crippen molar-refractivity contribution in [1.82, 2.24) is 4.90 Å². The van der Waals surface area contributed by atoms with Crippen molar-refractivity contribution in [2.24, 2.45) is 11.7 Å². The van der Waals surface area contributed by atoms with E-state index in [9.17, 15) is 0 Å². The Morgan fingerprint density at radius 1 is 1.30 bits per heavy atom. The van der Waals surface area contributed by atoms with Crippen LogP contribution in [0.25, 0.3) is 0 Å². The fraction of sp³-hybridized carbons (Fsp3) is 0.625. The van der Waals surface area contributed by atoms with E-state index in [1.165, 1.54) is 11.1 Å². The zero-order valence-electron chi connectivity index (χ0n) is 12.2. The van der Waals surface area contributed by atoms with Gasteiger partial charge in [0.15, 0.2) is 0 Å². The second kappa shape index (κ2) is 6.12. The summed E-state index contributed by atoms with van der Waals surface area (Å²) in [5.74, 6) is 1.33. The highest BCUT2D eigenvalue weighted by Gasteiger charge is 2.30. The van der Waals surface area contributed by atoms with Crippen LogP contribution in [0, 0.1) is 5.92 Å². The van der Waals surface area contributed by atoms with E-state index < -0.39 is 0 Å². The molecule has 2 N–H and O–H groups in total. The lowest BCUT2D eigenvalue weighted by Gasteiger charge is -2.36. The predicted molar refractivity (Wildman–Crippen MR) is 79.0 cm³/mol. The van der Waals surface area contributed by atoms with Crippen molar-refractivity contribution in [3.63, 3.8) is 0 Å². The van der Waals surface area contributed by atoms with Gasteiger partial charge in [-0.2, -0.15) is 0 Å². The Morgan fingerprint density at radius 2 is 2.10 bits per heavy atom. The molecule has 2 unspecified atom stereocenters. The molecule has 2 aliphatic heterocycles. The average molecular weight is 276 g/mol. The van der Waals surface area contributed by atoms with Crippen molar-refractivity contribution in [2.45, 2.75) is 19.4 Å². The Bertz CT molecular complexity index is 458. The number of nitrogens with zero attached hydrogens (tertiary/aromatic N) is 1. The topological polar surface area (TPSA) is 47.7 Å². The Morgan fingerprint density at radius 3 is 2.85 bits per heavy atom. The van der Waals surface area contributed by atoms with Gasteiger partial charge in [-0.05, 0) is 18.1 Å². The maximum absolute atomic E-state index is 6.49. The summed E-state index contributed by atoms with van der Waals surface area (Å²) in [4.78, 5) is 2.44. The van der Waals surface area contributed by atoms with Crippen LogP contribution in [0.2, 0.25) is 0 Å². The molecule has 0 bridgehead atoms. The number of hydrogen-bond donors (Lipinski definition) is 1. The number of fused-ring (bicyclic) bond motifs is 1. The van der Waals surface area contributed by atoms with Gasteiger partial charge in [-0.15, -0.1) is 0 Å². The molecule has 0 spiro atoms. The van der Waals surface area contributed by atoms with Crippen LogP contribution in [-0.2, 0) is 11.2 Å². The maximum Gasteiger partial charge on any atom is 0.124 e.